The molecule has 0 saturated heterocycles. The SMILES string of the molecule is CCCN(CC(=O)O)c1nc(OC)ncc1Cl. The van der Waals surface area contributed by atoms with E-state index in [1.807, 2.05) is 6.92 Å². The molecule has 0 aliphatic heterocycles. The molecule has 7 heteroatoms. The molecule has 0 saturated carbocycles. The van der Waals surface area contributed by atoms with E-state index in [2.05, 4.69) is 9.97 Å². The van der Waals surface area contributed by atoms with Crippen molar-refractivity contribution in [3.05, 3.63) is 11.2 Å². The third-order valence-electron chi connectivity index (χ3n) is 2.01. The molecule has 0 amide bonds. The first-order chi connectivity index (χ1) is 8.08. The fraction of sp³-hybridized carbons (Fsp3) is 0.500. The molecular formula is C10H14ClN3O3. The van der Waals surface area contributed by atoms with Crippen LogP contribution in [0, 0.1) is 0 Å². The first-order valence-electron chi connectivity index (χ1n) is 5.11. The van der Waals surface area contributed by atoms with Crippen molar-refractivity contribution < 1.29 is 14.6 Å². The van der Waals surface area contributed by atoms with Crippen LogP contribution in [0.3, 0.4) is 0 Å². The average molecular weight is 260 g/mol. The van der Waals surface area contributed by atoms with Crippen LogP contribution in [0.1, 0.15) is 13.3 Å². The highest BCUT2D eigenvalue weighted by molar-refractivity contribution is 6.32. The Kier molecular flexibility index (Phi) is 4.96. The van der Waals surface area contributed by atoms with Crippen LogP contribution in [0.15, 0.2) is 6.20 Å². The maximum atomic E-state index is 10.8. The van der Waals surface area contributed by atoms with E-state index in [1.54, 1.807) is 4.90 Å². The molecule has 17 heavy (non-hydrogen) atoms. The number of hydrogen-bond acceptors (Lipinski definition) is 5. The predicted octanol–water partition coefficient (Wildman–Crippen LogP) is 1.44. The van der Waals surface area contributed by atoms with Crippen LogP contribution in [0.25, 0.3) is 0 Å². The molecule has 0 unspecified atom stereocenters. The van der Waals surface area contributed by atoms with Crippen LogP contribution < -0.4 is 9.64 Å². The molecular weight excluding hydrogens is 246 g/mol. The van der Waals surface area contributed by atoms with Crippen LogP contribution in [0.4, 0.5) is 5.82 Å². The van der Waals surface area contributed by atoms with Gasteiger partial charge in [0, 0.05) is 6.54 Å². The molecule has 0 radical (unpaired) electrons. The number of carboxylic acid groups (broad SMARTS) is 1. The van der Waals surface area contributed by atoms with Crippen molar-refractivity contribution in [1.82, 2.24) is 9.97 Å². The quantitative estimate of drug-likeness (QED) is 0.833. The fourth-order valence-corrected chi connectivity index (χ4v) is 1.57. The van der Waals surface area contributed by atoms with Crippen molar-refractivity contribution in [3.63, 3.8) is 0 Å². The summed E-state index contributed by atoms with van der Waals surface area (Å²) < 4.78 is 4.89. The lowest BCUT2D eigenvalue weighted by Crippen LogP contribution is -2.31. The summed E-state index contributed by atoms with van der Waals surface area (Å²) in [6, 6.07) is 0.163. The van der Waals surface area contributed by atoms with Gasteiger partial charge in [-0.1, -0.05) is 18.5 Å². The molecule has 0 aromatic carbocycles. The Labute approximate surface area is 104 Å². The molecule has 0 fully saturated rings. The van der Waals surface area contributed by atoms with Crippen molar-refractivity contribution in [3.8, 4) is 6.01 Å². The molecule has 0 spiro atoms. The van der Waals surface area contributed by atoms with Crippen molar-refractivity contribution >= 4 is 23.4 Å². The highest BCUT2D eigenvalue weighted by atomic mass is 35.5. The summed E-state index contributed by atoms with van der Waals surface area (Å²) in [6.07, 6.45) is 2.18. The Morgan fingerprint density at radius 2 is 2.35 bits per heavy atom. The van der Waals surface area contributed by atoms with Crippen molar-refractivity contribution in [2.24, 2.45) is 0 Å². The van der Waals surface area contributed by atoms with Gasteiger partial charge >= 0.3 is 12.0 Å². The molecule has 1 rings (SSSR count). The Morgan fingerprint density at radius 3 is 2.88 bits per heavy atom. The second kappa shape index (κ2) is 6.24. The standard InChI is InChI=1S/C10H14ClN3O3/c1-3-4-14(6-8(15)16)9-7(11)5-12-10(13-9)17-2/h5H,3-4,6H2,1-2H3,(H,15,16). The number of rotatable bonds is 6. The summed E-state index contributed by atoms with van der Waals surface area (Å²) in [6.45, 7) is 2.33. The van der Waals surface area contributed by atoms with Crippen molar-refractivity contribution in [2.45, 2.75) is 13.3 Å². The van der Waals surface area contributed by atoms with Crippen LogP contribution in [-0.4, -0.2) is 41.2 Å². The second-order valence-electron chi connectivity index (χ2n) is 3.34. The van der Waals surface area contributed by atoms with E-state index in [0.29, 0.717) is 17.4 Å². The molecule has 1 heterocycles. The highest BCUT2D eigenvalue weighted by Crippen LogP contribution is 2.24. The number of methoxy groups -OCH3 is 1. The molecule has 0 aliphatic carbocycles. The Balaban J connectivity index is 3.02. The maximum Gasteiger partial charge on any atom is 0.323 e. The number of anilines is 1. The van der Waals surface area contributed by atoms with E-state index in [4.69, 9.17) is 21.4 Å². The van der Waals surface area contributed by atoms with Crippen molar-refractivity contribution in [1.29, 1.82) is 0 Å². The lowest BCUT2D eigenvalue weighted by molar-refractivity contribution is -0.135. The molecule has 94 valence electrons. The molecule has 0 atom stereocenters. The highest BCUT2D eigenvalue weighted by Gasteiger charge is 2.16. The number of nitrogens with zero attached hydrogens (tertiary/aromatic N) is 3. The number of hydrogen-bond donors (Lipinski definition) is 1. The number of ether oxygens (including phenoxy) is 1. The molecule has 0 aliphatic rings. The minimum atomic E-state index is -0.938. The number of aliphatic carboxylic acids is 1. The average Bonchev–Trinajstić information content (AvgIpc) is 2.28. The summed E-state index contributed by atoms with van der Waals surface area (Å²) >= 11 is 5.95. The summed E-state index contributed by atoms with van der Waals surface area (Å²) in [7, 11) is 1.44. The topological polar surface area (TPSA) is 75.6 Å². The molecule has 1 aromatic heterocycles. The zero-order valence-electron chi connectivity index (χ0n) is 9.68. The smallest absolute Gasteiger partial charge is 0.323 e. The Morgan fingerprint density at radius 1 is 1.65 bits per heavy atom. The number of carbonyl (C=O) groups is 1. The van der Waals surface area contributed by atoms with Gasteiger partial charge in [-0.05, 0) is 6.42 Å². The van der Waals surface area contributed by atoms with Gasteiger partial charge in [0.2, 0.25) is 0 Å². The number of aromatic nitrogens is 2. The van der Waals surface area contributed by atoms with Gasteiger partial charge in [0.25, 0.3) is 0 Å². The van der Waals surface area contributed by atoms with Gasteiger partial charge in [-0.2, -0.15) is 4.98 Å². The lowest BCUT2D eigenvalue weighted by Gasteiger charge is -2.21. The molecule has 6 nitrogen and oxygen atoms in total. The summed E-state index contributed by atoms with van der Waals surface area (Å²) in [4.78, 5) is 20.2. The Bertz CT molecular complexity index is 400. The third kappa shape index (κ3) is 3.74. The van der Waals surface area contributed by atoms with E-state index >= 15 is 0 Å². The van der Waals surface area contributed by atoms with Gasteiger partial charge < -0.3 is 14.7 Å². The molecule has 0 bridgehead atoms. The van der Waals surface area contributed by atoms with Gasteiger partial charge in [0.05, 0.1) is 13.3 Å². The number of carboxylic acids is 1. The van der Waals surface area contributed by atoms with Gasteiger partial charge in [0.1, 0.15) is 11.6 Å². The fourth-order valence-electron chi connectivity index (χ4n) is 1.36. The summed E-state index contributed by atoms with van der Waals surface area (Å²) in [5.41, 5.74) is 0. The number of halogens is 1. The van der Waals surface area contributed by atoms with Crippen LogP contribution in [0.2, 0.25) is 5.02 Å². The Hall–Kier alpha value is -1.56. The van der Waals surface area contributed by atoms with E-state index in [9.17, 15) is 4.79 Å². The van der Waals surface area contributed by atoms with Gasteiger partial charge in [-0.25, -0.2) is 4.98 Å². The van der Waals surface area contributed by atoms with Crippen LogP contribution in [0.5, 0.6) is 6.01 Å². The maximum absolute atomic E-state index is 10.8. The van der Waals surface area contributed by atoms with Gasteiger partial charge in [-0.3, -0.25) is 4.79 Å². The minimum absolute atomic E-state index is 0.159. The first kappa shape index (κ1) is 13.5. The van der Waals surface area contributed by atoms with Crippen LogP contribution in [-0.2, 0) is 4.79 Å². The lowest BCUT2D eigenvalue weighted by atomic mass is 10.4. The summed E-state index contributed by atoms with van der Waals surface area (Å²) in [5, 5.41) is 9.14. The van der Waals surface area contributed by atoms with Crippen LogP contribution >= 0.6 is 11.6 Å². The second-order valence-corrected chi connectivity index (χ2v) is 3.75. The van der Waals surface area contributed by atoms with Gasteiger partial charge in [-0.15, -0.1) is 0 Å². The monoisotopic (exact) mass is 259 g/mol. The molecule has 1 N–H and O–H groups in total. The zero-order chi connectivity index (χ0) is 12.8. The minimum Gasteiger partial charge on any atom is -0.480 e. The largest absolute Gasteiger partial charge is 0.480 e. The third-order valence-corrected chi connectivity index (χ3v) is 2.27. The van der Waals surface area contributed by atoms with Crippen molar-refractivity contribution in [2.75, 3.05) is 25.1 Å². The van der Waals surface area contributed by atoms with E-state index in [0.717, 1.165) is 6.42 Å². The van der Waals surface area contributed by atoms with E-state index < -0.39 is 5.97 Å². The van der Waals surface area contributed by atoms with E-state index in [-0.39, 0.29) is 12.6 Å². The molecule has 1 aromatic rings. The predicted molar refractivity (Wildman–Crippen MR) is 63.7 cm³/mol. The van der Waals surface area contributed by atoms with Gasteiger partial charge in [0.15, 0.2) is 5.82 Å². The first-order valence-corrected chi connectivity index (χ1v) is 5.49. The zero-order valence-corrected chi connectivity index (χ0v) is 10.4. The normalized spacial score (nSPS) is 10.1. The van der Waals surface area contributed by atoms with E-state index in [1.165, 1.54) is 13.3 Å². The summed E-state index contributed by atoms with van der Waals surface area (Å²) in [5.74, 6) is -0.560.